The molecule has 0 radical (unpaired) electrons. The first kappa shape index (κ1) is 31.9. The molecule has 8 nitrogen and oxygen atoms in total. The lowest BCUT2D eigenvalue weighted by molar-refractivity contribution is 0.0846. The third-order valence-electron chi connectivity index (χ3n) is 9.43. The molecular weight excluding hydrogens is 550 g/mol. The van der Waals surface area contributed by atoms with Crippen LogP contribution in [0.3, 0.4) is 0 Å². The predicted molar refractivity (Wildman–Crippen MR) is 179 cm³/mol. The van der Waals surface area contributed by atoms with Crippen LogP contribution >= 0.6 is 0 Å². The van der Waals surface area contributed by atoms with Gasteiger partial charge in [-0.3, -0.25) is 14.5 Å². The average molecular weight is 600 g/mol. The summed E-state index contributed by atoms with van der Waals surface area (Å²) < 4.78 is 5.67. The highest BCUT2D eigenvalue weighted by Crippen LogP contribution is 2.34. The van der Waals surface area contributed by atoms with Gasteiger partial charge in [0.05, 0.1) is 0 Å². The van der Waals surface area contributed by atoms with E-state index in [1.54, 1.807) is 0 Å². The zero-order valence-corrected chi connectivity index (χ0v) is 27.2. The lowest BCUT2D eigenvalue weighted by atomic mass is 9.94. The summed E-state index contributed by atoms with van der Waals surface area (Å²) >= 11 is 0. The standard InChI is InChI=1S/C36H49N5O3/c1-6-39-14-16-40(17-15-39)24-28-8-10-29(11-9-28)30-21-32(35(42)37-23-33-25(3)20-26(4)38-36(33)43)27(5)34(22-30)41(7-2)31-12-18-44-19-13-31/h8-11,20-22,31H,6-7,12-19,23-24H2,1-5H3,(H,37,42)(H,38,43). The lowest BCUT2D eigenvalue weighted by Gasteiger charge is -2.37. The maximum atomic E-state index is 13.8. The van der Waals surface area contributed by atoms with Gasteiger partial charge in [0, 0.05) is 87.6 Å². The van der Waals surface area contributed by atoms with Crippen LogP contribution in [0.2, 0.25) is 0 Å². The van der Waals surface area contributed by atoms with E-state index in [9.17, 15) is 9.59 Å². The van der Waals surface area contributed by atoms with Crippen LogP contribution in [0.15, 0.2) is 47.3 Å². The fourth-order valence-corrected chi connectivity index (χ4v) is 6.71. The zero-order chi connectivity index (χ0) is 31.2. The molecule has 44 heavy (non-hydrogen) atoms. The van der Waals surface area contributed by atoms with Crippen LogP contribution in [0.25, 0.3) is 11.1 Å². The number of hydrogen-bond donors (Lipinski definition) is 2. The summed E-state index contributed by atoms with van der Waals surface area (Å²) in [5.41, 5.74) is 8.22. The summed E-state index contributed by atoms with van der Waals surface area (Å²) in [5, 5.41) is 3.06. The highest BCUT2D eigenvalue weighted by atomic mass is 16.5. The van der Waals surface area contributed by atoms with Crippen molar-refractivity contribution in [3.05, 3.63) is 86.3 Å². The first-order valence-electron chi connectivity index (χ1n) is 16.3. The van der Waals surface area contributed by atoms with E-state index in [1.807, 2.05) is 32.9 Å². The van der Waals surface area contributed by atoms with Gasteiger partial charge in [0.25, 0.3) is 11.5 Å². The number of aromatic nitrogens is 1. The zero-order valence-electron chi connectivity index (χ0n) is 27.2. The van der Waals surface area contributed by atoms with E-state index in [0.29, 0.717) is 17.2 Å². The van der Waals surface area contributed by atoms with Gasteiger partial charge in [-0.2, -0.15) is 0 Å². The van der Waals surface area contributed by atoms with Crippen molar-refractivity contribution in [1.29, 1.82) is 0 Å². The largest absolute Gasteiger partial charge is 0.381 e. The number of amides is 1. The second-order valence-electron chi connectivity index (χ2n) is 12.3. The third-order valence-corrected chi connectivity index (χ3v) is 9.43. The summed E-state index contributed by atoms with van der Waals surface area (Å²) in [7, 11) is 0. The van der Waals surface area contributed by atoms with Crippen LogP contribution in [0, 0.1) is 20.8 Å². The number of nitrogens with zero attached hydrogens (tertiary/aromatic N) is 3. The number of rotatable bonds is 10. The molecule has 3 heterocycles. The van der Waals surface area contributed by atoms with Gasteiger partial charge in [0.15, 0.2) is 0 Å². The van der Waals surface area contributed by atoms with E-state index in [0.717, 1.165) is 106 Å². The molecule has 236 valence electrons. The maximum Gasteiger partial charge on any atom is 0.253 e. The van der Waals surface area contributed by atoms with Crippen molar-refractivity contribution in [3.8, 4) is 11.1 Å². The van der Waals surface area contributed by atoms with Crippen LogP contribution < -0.4 is 15.8 Å². The molecule has 0 atom stereocenters. The summed E-state index contributed by atoms with van der Waals surface area (Å²) in [4.78, 5) is 36.8. The lowest BCUT2D eigenvalue weighted by Crippen LogP contribution is -2.45. The number of H-pyrrole nitrogens is 1. The fourth-order valence-electron chi connectivity index (χ4n) is 6.71. The Bertz CT molecular complexity index is 1480. The molecule has 0 unspecified atom stereocenters. The number of nitrogens with one attached hydrogen (secondary N) is 2. The van der Waals surface area contributed by atoms with E-state index in [-0.39, 0.29) is 18.0 Å². The van der Waals surface area contributed by atoms with Gasteiger partial charge in [0.1, 0.15) is 0 Å². The number of aryl methyl sites for hydroxylation is 2. The number of ether oxygens (including phenoxy) is 1. The van der Waals surface area contributed by atoms with Crippen molar-refractivity contribution < 1.29 is 9.53 Å². The Morgan fingerprint density at radius 3 is 2.27 bits per heavy atom. The molecule has 2 aliphatic rings. The molecule has 0 bridgehead atoms. The Morgan fingerprint density at radius 2 is 1.64 bits per heavy atom. The maximum absolute atomic E-state index is 13.8. The van der Waals surface area contributed by atoms with Crippen molar-refractivity contribution in [2.75, 3.05) is 57.4 Å². The molecule has 2 N–H and O–H groups in total. The van der Waals surface area contributed by atoms with E-state index in [4.69, 9.17) is 4.74 Å². The van der Waals surface area contributed by atoms with E-state index < -0.39 is 0 Å². The van der Waals surface area contributed by atoms with Crippen molar-refractivity contribution in [2.45, 2.75) is 66.6 Å². The van der Waals surface area contributed by atoms with E-state index >= 15 is 0 Å². The van der Waals surface area contributed by atoms with Gasteiger partial charge in [0.2, 0.25) is 0 Å². The van der Waals surface area contributed by atoms with Crippen LogP contribution in [0.1, 0.15) is 65.0 Å². The molecule has 2 saturated heterocycles. The average Bonchev–Trinajstić information content (AvgIpc) is 3.03. The molecule has 0 saturated carbocycles. The number of carbonyl (C=O) groups excluding carboxylic acids is 1. The van der Waals surface area contributed by atoms with Gasteiger partial charge in [-0.15, -0.1) is 0 Å². The number of benzene rings is 2. The number of likely N-dealkylation sites (N-methyl/N-ethyl adjacent to an activating group) is 1. The molecule has 0 spiro atoms. The Labute approximate surface area is 262 Å². The molecule has 1 amide bonds. The van der Waals surface area contributed by atoms with Gasteiger partial charge in [-0.05, 0) is 93.1 Å². The van der Waals surface area contributed by atoms with Gasteiger partial charge >= 0.3 is 0 Å². The monoisotopic (exact) mass is 599 g/mol. The van der Waals surface area contributed by atoms with E-state index in [2.05, 4.69) is 69.2 Å². The first-order valence-corrected chi connectivity index (χ1v) is 16.3. The molecule has 3 aromatic rings. The summed E-state index contributed by atoms with van der Waals surface area (Å²) in [5.74, 6) is -0.171. The van der Waals surface area contributed by atoms with Crippen LogP contribution in [0.4, 0.5) is 5.69 Å². The Morgan fingerprint density at radius 1 is 0.955 bits per heavy atom. The number of pyridine rings is 1. The number of carbonyl (C=O) groups is 1. The minimum Gasteiger partial charge on any atom is -0.381 e. The Balaban J connectivity index is 1.43. The summed E-state index contributed by atoms with van der Waals surface area (Å²) in [6.07, 6.45) is 1.94. The molecule has 2 aromatic carbocycles. The SMILES string of the molecule is CCN1CCN(Cc2ccc(-c3cc(C(=O)NCc4c(C)cc(C)[nH]c4=O)c(C)c(N(CC)C4CCOCC4)c3)cc2)CC1. The van der Waals surface area contributed by atoms with Crippen molar-refractivity contribution in [3.63, 3.8) is 0 Å². The molecule has 5 rings (SSSR count). The number of piperazine rings is 1. The Hall–Kier alpha value is -3.46. The second kappa shape index (κ2) is 14.5. The fraction of sp³-hybridized carbons (Fsp3) is 0.500. The van der Waals surface area contributed by atoms with Crippen LogP contribution in [0.5, 0.6) is 0 Å². The molecule has 1 aromatic heterocycles. The topological polar surface area (TPSA) is 80.9 Å². The molecule has 2 aliphatic heterocycles. The number of aromatic amines is 1. The number of hydrogen-bond acceptors (Lipinski definition) is 6. The first-order chi connectivity index (χ1) is 21.3. The molecular formula is C36H49N5O3. The predicted octanol–water partition coefficient (Wildman–Crippen LogP) is 5.04. The smallest absolute Gasteiger partial charge is 0.253 e. The van der Waals surface area contributed by atoms with Crippen molar-refractivity contribution in [1.82, 2.24) is 20.1 Å². The summed E-state index contributed by atoms with van der Waals surface area (Å²) in [6, 6.07) is 15.4. The van der Waals surface area contributed by atoms with Crippen LogP contribution in [-0.2, 0) is 17.8 Å². The van der Waals surface area contributed by atoms with Gasteiger partial charge in [-0.25, -0.2) is 0 Å². The van der Waals surface area contributed by atoms with Crippen molar-refractivity contribution >= 4 is 11.6 Å². The minimum atomic E-state index is -0.171. The third kappa shape index (κ3) is 7.42. The highest BCUT2D eigenvalue weighted by Gasteiger charge is 2.25. The normalized spacial score (nSPS) is 16.7. The summed E-state index contributed by atoms with van der Waals surface area (Å²) in [6.45, 7) is 19.3. The van der Waals surface area contributed by atoms with E-state index in [1.165, 1.54) is 5.56 Å². The molecule has 8 heteroatoms. The van der Waals surface area contributed by atoms with Crippen LogP contribution in [-0.4, -0.2) is 79.2 Å². The molecule has 0 aliphatic carbocycles. The second-order valence-corrected chi connectivity index (χ2v) is 12.3. The Kier molecular flexibility index (Phi) is 10.6. The van der Waals surface area contributed by atoms with Gasteiger partial charge in [-0.1, -0.05) is 31.2 Å². The highest BCUT2D eigenvalue weighted by molar-refractivity contribution is 5.99. The quantitative estimate of drug-likeness (QED) is 0.340. The number of anilines is 1. The minimum absolute atomic E-state index is 0.155. The van der Waals surface area contributed by atoms with Crippen molar-refractivity contribution in [2.24, 2.45) is 0 Å². The molecule has 2 fully saturated rings. The van der Waals surface area contributed by atoms with Gasteiger partial charge < -0.3 is 24.8 Å².